The van der Waals surface area contributed by atoms with E-state index in [1.54, 1.807) is 37.5 Å². The fraction of sp³-hybridized carbons (Fsp3) is 0.233. The van der Waals surface area contributed by atoms with E-state index in [9.17, 15) is 9.59 Å². The van der Waals surface area contributed by atoms with Gasteiger partial charge < -0.3 is 9.47 Å². The molecule has 5 rings (SSSR count). The third kappa shape index (κ3) is 12.7. The lowest BCUT2D eigenvalue weighted by atomic mass is 10.1. The Morgan fingerprint density at radius 3 is 1.83 bits per heavy atom. The number of pyridine rings is 4. The standard InChI is InChI=1S/C12H9ClN2O.C10H7ClN2.C4H5NO2.C4H8O/c1-8(16)9-5-6-11(15-12(9)13)10-4-2-3-7-14-10;11-10-6-3-5-9(13-10)8-4-1-2-7-12-8;1-3-7-4(6)5-2;1-2-4-5-3-1/h2-7H,1H3;1-7H;3H2,1H3;1-4H2. The minimum absolute atomic E-state index is 0.0925. The fourth-order valence-electron chi connectivity index (χ4n) is 3.09. The molecular formula is C30H29Cl2N5O4. The third-order valence-corrected chi connectivity index (χ3v) is 5.48. The van der Waals surface area contributed by atoms with Crippen LogP contribution in [0.15, 0.2) is 79.1 Å². The molecule has 1 aliphatic rings. The number of hydrogen-bond donors (Lipinski definition) is 0. The van der Waals surface area contributed by atoms with E-state index in [1.165, 1.54) is 19.8 Å². The van der Waals surface area contributed by atoms with Gasteiger partial charge in [0.2, 0.25) is 0 Å². The second kappa shape index (κ2) is 19.0. The molecule has 0 aromatic carbocycles. The van der Waals surface area contributed by atoms with E-state index in [2.05, 4.69) is 29.5 Å². The van der Waals surface area contributed by atoms with Crippen LogP contribution in [0.5, 0.6) is 0 Å². The molecule has 0 unspecified atom stereocenters. The third-order valence-electron chi connectivity index (χ3n) is 4.98. The molecule has 0 atom stereocenters. The van der Waals surface area contributed by atoms with E-state index >= 15 is 0 Å². The van der Waals surface area contributed by atoms with Crippen molar-refractivity contribution in [3.8, 4) is 22.8 Å². The van der Waals surface area contributed by atoms with Crippen molar-refractivity contribution >= 4 is 35.1 Å². The summed E-state index contributed by atoms with van der Waals surface area (Å²) < 4.78 is 9.14. The van der Waals surface area contributed by atoms with Crippen molar-refractivity contribution in [2.45, 2.75) is 26.7 Å². The van der Waals surface area contributed by atoms with Crippen molar-refractivity contribution in [2.75, 3.05) is 19.8 Å². The van der Waals surface area contributed by atoms with Crippen LogP contribution in [0.1, 0.15) is 37.0 Å². The Morgan fingerprint density at radius 1 is 0.854 bits per heavy atom. The summed E-state index contributed by atoms with van der Waals surface area (Å²) in [4.78, 5) is 40.1. The number of nitrogens with zero attached hydrogens (tertiary/aromatic N) is 5. The van der Waals surface area contributed by atoms with Crippen LogP contribution in [-0.4, -0.2) is 51.6 Å². The summed E-state index contributed by atoms with van der Waals surface area (Å²) in [5.74, 6) is -0.0925. The predicted molar refractivity (Wildman–Crippen MR) is 159 cm³/mol. The lowest BCUT2D eigenvalue weighted by Crippen LogP contribution is -1.97. The van der Waals surface area contributed by atoms with Gasteiger partial charge in [-0.15, -0.1) is 0 Å². The molecule has 1 amide bonds. The van der Waals surface area contributed by atoms with Gasteiger partial charge in [0.05, 0.1) is 34.9 Å². The quantitative estimate of drug-likeness (QED) is 0.135. The van der Waals surface area contributed by atoms with Gasteiger partial charge in [0, 0.05) is 25.6 Å². The Morgan fingerprint density at radius 2 is 1.44 bits per heavy atom. The maximum absolute atomic E-state index is 11.2. The highest BCUT2D eigenvalue weighted by molar-refractivity contribution is 6.32. The van der Waals surface area contributed by atoms with Gasteiger partial charge in [0.25, 0.3) is 0 Å². The van der Waals surface area contributed by atoms with Crippen molar-refractivity contribution in [3.63, 3.8) is 0 Å². The van der Waals surface area contributed by atoms with Crippen LogP contribution in [-0.2, 0) is 9.47 Å². The molecule has 0 bridgehead atoms. The molecule has 4 aromatic rings. The first kappa shape index (κ1) is 33.0. The van der Waals surface area contributed by atoms with Gasteiger partial charge in [-0.3, -0.25) is 19.6 Å². The molecule has 212 valence electrons. The number of Topliss-reactive ketones (excluding diaryl/α,β-unsaturated/α-hetero) is 1. The van der Waals surface area contributed by atoms with Gasteiger partial charge in [-0.2, -0.15) is 4.85 Å². The number of aromatic nitrogens is 4. The topological polar surface area (TPSA) is 109 Å². The summed E-state index contributed by atoms with van der Waals surface area (Å²) >= 11 is 11.7. The highest BCUT2D eigenvalue weighted by Crippen LogP contribution is 2.20. The van der Waals surface area contributed by atoms with Crippen molar-refractivity contribution in [3.05, 3.63) is 106 Å². The van der Waals surface area contributed by atoms with Gasteiger partial charge in [-0.1, -0.05) is 41.4 Å². The van der Waals surface area contributed by atoms with Gasteiger partial charge >= 0.3 is 6.09 Å². The monoisotopic (exact) mass is 593 g/mol. The molecule has 41 heavy (non-hydrogen) atoms. The number of halogens is 2. The SMILES string of the molecule is C1CCOC1.CC(=O)c1ccc(-c2ccccn2)nc1Cl.Clc1cccc(-c2ccccn2)n1.[C-]#[N+]C(=O)OCC. The maximum Gasteiger partial charge on any atom is 0.561 e. The van der Waals surface area contributed by atoms with Crippen LogP contribution in [0, 0.1) is 6.57 Å². The molecule has 0 N–H and O–H groups in total. The van der Waals surface area contributed by atoms with Gasteiger partial charge in [0.1, 0.15) is 16.9 Å². The molecule has 9 nitrogen and oxygen atoms in total. The second-order valence-electron chi connectivity index (χ2n) is 8.00. The predicted octanol–water partition coefficient (Wildman–Crippen LogP) is 7.66. The van der Waals surface area contributed by atoms with Crippen LogP contribution in [0.3, 0.4) is 0 Å². The maximum atomic E-state index is 11.2. The number of carbonyl (C=O) groups is 2. The van der Waals surface area contributed by atoms with Crippen LogP contribution in [0.25, 0.3) is 27.6 Å². The van der Waals surface area contributed by atoms with E-state index < -0.39 is 6.09 Å². The van der Waals surface area contributed by atoms with Gasteiger partial charge in [-0.25, -0.2) is 9.97 Å². The van der Waals surface area contributed by atoms with Crippen molar-refractivity contribution < 1.29 is 19.1 Å². The fourth-order valence-corrected chi connectivity index (χ4v) is 3.54. The summed E-state index contributed by atoms with van der Waals surface area (Å²) in [6.07, 6.45) is 5.14. The highest BCUT2D eigenvalue weighted by atomic mass is 35.5. The Balaban J connectivity index is 0.000000209. The largest absolute Gasteiger partial charge is 0.561 e. The first-order valence-corrected chi connectivity index (χ1v) is 13.4. The molecule has 0 radical (unpaired) electrons. The number of amides is 1. The first-order valence-electron chi connectivity index (χ1n) is 12.6. The smallest absolute Gasteiger partial charge is 0.486 e. The average molecular weight is 594 g/mol. The minimum Gasteiger partial charge on any atom is -0.486 e. The zero-order valence-electron chi connectivity index (χ0n) is 22.7. The zero-order valence-corrected chi connectivity index (χ0v) is 24.2. The molecule has 5 heterocycles. The van der Waals surface area contributed by atoms with Crippen molar-refractivity contribution in [1.82, 2.24) is 19.9 Å². The Kier molecular flexibility index (Phi) is 15.2. The summed E-state index contributed by atoms with van der Waals surface area (Å²) in [7, 11) is 0. The molecular weight excluding hydrogens is 565 g/mol. The lowest BCUT2D eigenvalue weighted by molar-refractivity contribution is 0.101. The van der Waals surface area contributed by atoms with Gasteiger partial charge in [0.15, 0.2) is 5.78 Å². The number of hydrogen-bond acceptors (Lipinski definition) is 8. The second-order valence-corrected chi connectivity index (χ2v) is 8.74. The van der Waals surface area contributed by atoms with E-state index in [4.69, 9.17) is 34.5 Å². The molecule has 11 heteroatoms. The normalized spacial score (nSPS) is 11.2. The molecule has 1 fully saturated rings. The lowest BCUT2D eigenvalue weighted by Gasteiger charge is -2.02. The molecule has 0 aliphatic carbocycles. The Hall–Kier alpha value is -4.23. The van der Waals surface area contributed by atoms with E-state index in [-0.39, 0.29) is 17.5 Å². The average Bonchev–Trinajstić information content (AvgIpc) is 3.59. The number of carbonyl (C=O) groups excluding carboxylic acids is 2. The summed E-state index contributed by atoms with van der Waals surface area (Å²) in [6, 6.07) is 20.1. The molecule has 4 aromatic heterocycles. The number of ketones is 1. The van der Waals surface area contributed by atoms with Crippen molar-refractivity contribution in [1.29, 1.82) is 0 Å². The Labute approximate surface area is 249 Å². The highest BCUT2D eigenvalue weighted by Gasteiger charge is 2.09. The zero-order chi connectivity index (χ0) is 29.9. The summed E-state index contributed by atoms with van der Waals surface area (Å²) in [5, 5.41) is 0.707. The molecule has 0 spiro atoms. The van der Waals surface area contributed by atoms with Gasteiger partial charge in [-0.05, 0) is 75.2 Å². The van der Waals surface area contributed by atoms with Crippen LogP contribution < -0.4 is 0 Å². The summed E-state index contributed by atoms with van der Waals surface area (Å²) in [6.45, 7) is 11.5. The van der Waals surface area contributed by atoms with Crippen molar-refractivity contribution in [2.24, 2.45) is 0 Å². The molecule has 1 saturated heterocycles. The number of rotatable bonds is 4. The first-order chi connectivity index (χ1) is 19.8. The number of ether oxygens (including phenoxy) is 2. The molecule has 1 aliphatic heterocycles. The minimum atomic E-state index is -0.831. The summed E-state index contributed by atoms with van der Waals surface area (Å²) in [5.41, 5.74) is 3.47. The van der Waals surface area contributed by atoms with Crippen LogP contribution in [0.4, 0.5) is 4.79 Å². The molecule has 0 saturated carbocycles. The van der Waals surface area contributed by atoms with E-state index in [1.807, 2.05) is 48.5 Å². The van der Waals surface area contributed by atoms with Crippen LogP contribution in [0.2, 0.25) is 10.3 Å². The van der Waals surface area contributed by atoms with Crippen LogP contribution >= 0.6 is 23.2 Å². The van der Waals surface area contributed by atoms with E-state index in [0.717, 1.165) is 30.3 Å². The van der Waals surface area contributed by atoms with E-state index in [0.29, 0.717) is 16.4 Å². The Bertz CT molecular complexity index is 1410.